The van der Waals surface area contributed by atoms with Crippen LogP contribution in [-0.4, -0.2) is 58.5 Å². The van der Waals surface area contributed by atoms with Crippen LogP contribution < -0.4 is 15.8 Å². The summed E-state index contributed by atoms with van der Waals surface area (Å²) in [6, 6.07) is 11.4. The number of rotatable bonds is 5. The van der Waals surface area contributed by atoms with E-state index in [2.05, 4.69) is 36.0 Å². The third kappa shape index (κ3) is 5.53. The van der Waals surface area contributed by atoms with Gasteiger partial charge in [-0.05, 0) is 61.1 Å². The van der Waals surface area contributed by atoms with E-state index in [1.165, 1.54) is 10.9 Å². The molecular weight excluding hydrogens is 466 g/mol. The SMILES string of the molecule is Cc1ccc(C(=O)NC2CC2)cc1-n1cnc2ccc(N3CCN(C(=O)CC(C)(C)C)CC3)cc2c1=O. The summed E-state index contributed by atoms with van der Waals surface area (Å²) in [5.41, 5.74) is 3.45. The molecule has 2 aromatic carbocycles. The number of aromatic nitrogens is 2. The first-order chi connectivity index (χ1) is 17.6. The summed E-state index contributed by atoms with van der Waals surface area (Å²) in [5, 5.41) is 3.53. The molecule has 1 aliphatic heterocycles. The quantitative estimate of drug-likeness (QED) is 0.576. The number of carbonyl (C=O) groups is 2. The lowest BCUT2D eigenvalue weighted by atomic mass is 9.91. The lowest BCUT2D eigenvalue weighted by Crippen LogP contribution is -2.49. The molecule has 194 valence electrons. The third-order valence-corrected chi connectivity index (χ3v) is 7.06. The van der Waals surface area contributed by atoms with E-state index < -0.39 is 0 Å². The van der Waals surface area contributed by atoms with Gasteiger partial charge in [-0.1, -0.05) is 26.8 Å². The van der Waals surface area contributed by atoms with E-state index >= 15 is 0 Å². The Bertz CT molecular complexity index is 1410. The Morgan fingerprint density at radius 1 is 1.03 bits per heavy atom. The van der Waals surface area contributed by atoms with Gasteiger partial charge in [0.05, 0.1) is 16.6 Å². The average Bonchev–Trinajstić information content (AvgIpc) is 3.68. The highest BCUT2D eigenvalue weighted by atomic mass is 16.2. The molecule has 1 aromatic heterocycles. The molecule has 1 N–H and O–H groups in total. The van der Waals surface area contributed by atoms with Gasteiger partial charge in [0.25, 0.3) is 11.5 Å². The van der Waals surface area contributed by atoms with Crippen LogP contribution in [0, 0.1) is 12.3 Å². The molecule has 8 heteroatoms. The minimum absolute atomic E-state index is 0.0294. The standard InChI is InChI=1S/C29H35N5O3/c1-19-5-6-20(27(36)31-21-7-8-21)15-25(19)34-18-30-24-10-9-22(16-23(24)28(34)37)32-11-13-33(14-12-32)26(35)17-29(2,3)4/h5-6,9-10,15-16,18,21H,7-8,11-14,17H2,1-4H3,(H,31,36). The van der Waals surface area contributed by atoms with Crippen LogP contribution in [0.15, 0.2) is 47.5 Å². The number of hydrogen-bond donors (Lipinski definition) is 1. The number of nitrogens with one attached hydrogen (secondary N) is 1. The highest BCUT2D eigenvalue weighted by Gasteiger charge is 2.26. The first-order valence-corrected chi connectivity index (χ1v) is 13.1. The maximum atomic E-state index is 13.6. The highest BCUT2D eigenvalue weighted by molar-refractivity contribution is 5.95. The van der Waals surface area contributed by atoms with Crippen LogP contribution in [0.5, 0.6) is 0 Å². The van der Waals surface area contributed by atoms with E-state index in [-0.39, 0.29) is 28.8 Å². The molecule has 1 saturated heterocycles. The van der Waals surface area contributed by atoms with Gasteiger partial charge in [0.15, 0.2) is 0 Å². The number of benzene rings is 2. The van der Waals surface area contributed by atoms with Gasteiger partial charge in [-0.25, -0.2) is 4.98 Å². The van der Waals surface area contributed by atoms with Gasteiger partial charge in [-0.2, -0.15) is 0 Å². The van der Waals surface area contributed by atoms with Crippen LogP contribution in [0.4, 0.5) is 5.69 Å². The molecule has 1 aliphatic carbocycles. The zero-order valence-electron chi connectivity index (χ0n) is 22.1. The molecule has 5 rings (SSSR count). The van der Waals surface area contributed by atoms with E-state index in [1.54, 1.807) is 12.1 Å². The Morgan fingerprint density at radius 3 is 2.43 bits per heavy atom. The van der Waals surface area contributed by atoms with Crippen LogP contribution in [-0.2, 0) is 4.79 Å². The zero-order valence-corrected chi connectivity index (χ0v) is 22.1. The molecule has 8 nitrogen and oxygen atoms in total. The Kier molecular flexibility index (Phi) is 6.52. The Balaban J connectivity index is 1.39. The molecule has 37 heavy (non-hydrogen) atoms. The zero-order chi connectivity index (χ0) is 26.3. The summed E-state index contributed by atoms with van der Waals surface area (Å²) >= 11 is 0. The predicted molar refractivity (Wildman–Crippen MR) is 145 cm³/mol. The Hall–Kier alpha value is -3.68. The summed E-state index contributed by atoms with van der Waals surface area (Å²) in [4.78, 5) is 47.5. The van der Waals surface area contributed by atoms with Crippen LogP contribution >= 0.6 is 0 Å². The molecule has 0 spiro atoms. The first kappa shape index (κ1) is 25.0. The fraction of sp³-hybridized carbons (Fsp3) is 0.448. The Morgan fingerprint density at radius 2 is 1.76 bits per heavy atom. The van der Waals surface area contributed by atoms with E-state index in [9.17, 15) is 14.4 Å². The molecule has 0 unspecified atom stereocenters. The highest BCUT2D eigenvalue weighted by Crippen LogP contribution is 2.24. The van der Waals surface area contributed by atoms with Crippen molar-refractivity contribution in [2.75, 3.05) is 31.1 Å². The molecule has 2 amide bonds. The molecule has 3 aromatic rings. The van der Waals surface area contributed by atoms with Crippen molar-refractivity contribution >= 4 is 28.4 Å². The number of carbonyl (C=O) groups excluding carboxylic acids is 2. The Labute approximate surface area is 217 Å². The maximum Gasteiger partial charge on any atom is 0.265 e. The fourth-order valence-corrected chi connectivity index (χ4v) is 4.76. The molecule has 0 radical (unpaired) electrons. The molecular formula is C29H35N5O3. The van der Waals surface area contributed by atoms with E-state index in [4.69, 9.17) is 0 Å². The summed E-state index contributed by atoms with van der Waals surface area (Å²) in [7, 11) is 0. The third-order valence-electron chi connectivity index (χ3n) is 7.06. The van der Waals surface area contributed by atoms with Crippen LogP contribution in [0.1, 0.15) is 56.0 Å². The molecule has 2 fully saturated rings. The van der Waals surface area contributed by atoms with Gasteiger partial charge < -0.3 is 15.1 Å². The van der Waals surface area contributed by atoms with E-state index in [0.29, 0.717) is 54.8 Å². The number of aryl methyl sites for hydroxylation is 1. The minimum atomic E-state index is -0.173. The summed E-state index contributed by atoms with van der Waals surface area (Å²) < 4.78 is 1.53. The van der Waals surface area contributed by atoms with Gasteiger partial charge in [-0.15, -0.1) is 0 Å². The van der Waals surface area contributed by atoms with Crippen molar-refractivity contribution in [3.63, 3.8) is 0 Å². The number of anilines is 1. The lowest BCUT2D eigenvalue weighted by Gasteiger charge is -2.37. The van der Waals surface area contributed by atoms with Gasteiger partial charge in [0, 0.05) is 49.9 Å². The average molecular weight is 502 g/mol. The van der Waals surface area contributed by atoms with Gasteiger partial charge >= 0.3 is 0 Å². The molecule has 2 heterocycles. The van der Waals surface area contributed by atoms with E-state index in [1.807, 2.05) is 36.1 Å². The van der Waals surface area contributed by atoms with Crippen molar-refractivity contribution in [1.29, 1.82) is 0 Å². The lowest BCUT2D eigenvalue weighted by molar-refractivity contribution is -0.133. The van der Waals surface area contributed by atoms with Crippen molar-refractivity contribution in [2.24, 2.45) is 5.41 Å². The first-order valence-electron chi connectivity index (χ1n) is 13.1. The predicted octanol–water partition coefficient (Wildman–Crippen LogP) is 3.67. The number of amides is 2. The number of piperazine rings is 1. The monoisotopic (exact) mass is 501 g/mol. The topological polar surface area (TPSA) is 87.5 Å². The second-order valence-corrected chi connectivity index (χ2v) is 11.5. The van der Waals surface area contributed by atoms with Crippen LogP contribution in [0.2, 0.25) is 0 Å². The van der Waals surface area contributed by atoms with Crippen molar-refractivity contribution < 1.29 is 9.59 Å². The second kappa shape index (κ2) is 9.65. The largest absolute Gasteiger partial charge is 0.368 e. The van der Waals surface area contributed by atoms with Gasteiger partial charge in [-0.3, -0.25) is 19.0 Å². The number of fused-ring (bicyclic) bond motifs is 1. The summed E-state index contributed by atoms with van der Waals surface area (Å²) in [6.45, 7) is 10.9. The molecule has 2 aliphatic rings. The minimum Gasteiger partial charge on any atom is -0.368 e. The second-order valence-electron chi connectivity index (χ2n) is 11.5. The van der Waals surface area contributed by atoms with Gasteiger partial charge in [0.2, 0.25) is 5.91 Å². The van der Waals surface area contributed by atoms with Crippen molar-refractivity contribution in [3.8, 4) is 5.69 Å². The van der Waals surface area contributed by atoms with Crippen LogP contribution in [0.3, 0.4) is 0 Å². The fourth-order valence-electron chi connectivity index (χ4n) is 4.76. The van der Waals surface area contributed by atoms with Crippen molar-refractivity contribution in [2.45, 2.75) is 53.0 Å². The van der Waals surface area contributed by atoms with Crippen molar-refractivity contribution in [1.82, 2.24) is 19.8 Å². The molecule has 1 saturated carbocycles. The smallest absolute Gasteiger partial charge is 0.265 e. The van der Waals surface area contributed by atoms with Gasteiger partial charge in [0.1, 0.15) is 6.33 Å². The molecule has 0 atom stereocenters. The van der Waals surface area contributed by atoms with Crippen LogP contribution in [0.25, 0.3) is 16.6 Å². The number of nitrogens with zero attached hydrogens (tertiary/aromatic N) is 4. The summed E-state index contributed by atoms with van der Waals surface area (Å²) in [6.07, 6.45) is 4.11. The molecule has 0 bridgehead atoms. The van der Waals surface area contributed by atoms with E-state index in [0.717, 1.165) is 24.1 Å². The normalized spacial score (nSPS) is 16.2. The summed E-state index contributed by atoms with van der Waals surface area (Å²) in [5.74, 6) is 0.0779. The van der Waals surface area contributed by atoms with Crippen molar-refractivity contribution in [3.05, 3.63) is 64.2 Å². The maximum absolute atomic E-state index is 13.6. The number of hydrogen-bond acceptors (Lipinski definition) is 5.